The molecule has 27 heavy (non-hydrogen) atoms. The maximum atomic E-state index is 13.3. The summed E-state index contributed by atoms with van der Waals surface area (Å²) in [5.41, 5.74) is 0.131. The summed E-state index contributed by atoms with van der Waals surface area (Å²) in [6, 6.07) is 5.61. The van der Waals surface area contributed by atoms with Gasteiger partial charge in [0.25, 0.3) is 0 Å². The maximum absolute atomic E-state index is 13.3. The van der Waals surface area contributed by atoms with Gasteiger partial charge in [0.15, 0.2) is 11.6 Å². The molecular weight excluding hydrogens is 354 g/mol. The molecule has 1 aromatic heterocycles. The summed E-state index contributed by atoms with van der Waals surface area (Å²) in [7, 11) is 0. The first-order valence-corrected chi connectivity index (χ1v) is 9.22. The summed E-state index contributed by atoms with van der Waals surface area (Å²) < 4.78 is 33.6. The standard InChI is InChI=1S/C19H22F2N4O2/c1-2-5-23-6-7-24-14(10-23)11-25-18(24)9-17(22-19(25)26)27-12-13-3-4-15(20)16(21)8-13/h3-4,8-9,14H,2,5-7,10-12H2,1H3. The quantitative estimate of drug-likeness (QED) is 0.799. The first-order valence-electron chi connectivity index (χ1n) is 9.22. The van der Waals surface area contributed by atoms with Crippen LogP contribution in [0.25, 0.3) is 0 Å². The lowest BCUT2D eigenvalue weighted by Gasteiger charge is -2.37. The molecule has 1 fully saturated rings. The molecule has 2 aromatic rings. The van der Waals surface area contributed by atoms with Gasteiger partial charge in [-0.05, 0) is 30.7 Å². The Morgan fingerprint density at radius 2 is 2.04 bits per heavy atom. The van der Waals surface area contributed by atoms with Crippen LogP contribution in [0.4, 0.5) is 14.6 Å². The van der Waals surface area contributed by atoms with E-state index in [4.69, 9.17) is 4.74 Å². The number of aromatic nitrogens is 2. The van der Waals surface area contributed by atoms with Crippen LogP contribution in [-0.4, -0.2) is 46.7 Å². The van der Waals surface area contributed by atoms with Crippen LogP contribution in [-0.2, 0) is 13.2 Å². The topological polar surface area (TPSA) is 50.6 Å². The van der Waals surface area contributed by atoms with Crippen molar-refractivity contribution in [2.24, 2.45) is 0 Å². The Morgan fingerprint density at radius 1 is 1.19 bits per heavy atom. The van der Waals surface area contributed by atoms with Crippen molar-refractivity contribution >= 4 is 5.82 Å². The second kappa shape index (κ2) is 7.26. The number of halogens is 2. The molecule has 0 radical (unpaired) electrons. The molecule has 8 heteroatoms. The van der Waals surface area contributed by atoms with E-state index in [9.17, 15) is 13.6 Å². The van der Waals surface area contributed by atoms with Crippen molar-refractivity contribution in [3.8, 4) is 5.88 Å². The first kappa shape index (κ1) is 17.9. The molecule has 0 spiro atoms. The predicted octanol–water partition coefficient (Wildman–Crippen LogP) is 2.01. The molecule has 0 saturated carbocycles. The Morgan fingerprint density at radius 3 is 2.81 bits per heavy atom. The summed E-state index contributed by atoms with van der Waals surface area (Å²) in [5, 5.41) is 0. The minimum Gasteiger partial charge on any atom is -0.473 e. The monoisotopic (exact) mass is 376 g/mol. The lowest BCUT2D eigenvalue weighted by Crippen LogP contribution is -2.51. The Kier molecular flexibility index (Phi) is 4.82. The van der Waals surface area contributed by atoms with Gasteiger partial charge in [-0.3, -0.25) is 9.47 Å². The Balaban J connectivity index is 1.50. The fraction of sp³-hybridized carbons (Fsp3) is 0.474. The molecule has 0 aliphatic carbocycles. The molecule has 2 aliphatic heterocycles. The van der Waals surface area contributed by atoms with E-state index in [0.717, 1.165) is 50.6 Å². The van der Waals surface area contributed by atoms with Gasteiger partial charge in [0, 0.05) is 25.7 Å². The van der Waals surface area contributed by atoms with E-state index >= 15 is 0 Å². The van der Waals surface area contributed by atoms with Crippen molar-refractivity contribution in [2.45, 2.75) is 32.5 Å². The van der Waals surface area contributed by atoms with E-state index in [2.05, 4.69) is 21.7 Å². The van der Waals surface area contributed by atoms with E-state index in [-0.39, 0.29) is 24.2 Å². The van der Waals surface area contributed by atoms with Crippen LogP contribution in [0.3, 0.4) is 0 Å². The van der Waals surface area contributed by atoms with Crippen molar-refractivity contribution in [1.29, 1.82) is 0 Å². The number of anilines is 1. The van der Waals surface area contributed by atoms with Gasteiger partial charge in [0.1, 0.15) is 12.4 Å². The van der Waals surface area contributed by atoms with E-state index in [1.165, 1.54) is 6.07 Å². The summed E-state index contributed by atoms with van der Waals surface area (Å²) in [6.07, 6.45) is 1.11. The number of benzene rings is 1. The van der Waals surface area contributed by atoms with Crippen molar-refractivity contribution in [2.75, 3.05) is 31.1 Å². The molecule has 4 rings (SSSR count). The van der Waals surface area contributed by atoms with Gasteiger partial charge >= 0.3 is 5.69 Å². The molecule has 3 heterocycles. The third-order valence-corrected chi connectivity index (χ3v) is 5.13. The molecule has 1 atom stereocenters. The molecule has 0 bridgehead atoms. The van der Waals surface area contributed by atoms with Crippen LogP contribution < -0.4 is 15.3 Å². The van der Waals surface area contributed by atoms with Gasteiger partial charge in [-0.25, -0.2) is 13.6 Å². The van der Waals surface area contributed by atoms with Crippen LogP contribution in [0.5, 0.6) is 5.88 Å². The fourth-order valence-corrected chi connectivity index (χ4v) is 3.85. The highest BCUT2D eigenvalue weighted by molar-refractivity contribution is 5.47. The highest BCUT2D eigenvalue weighted by Gasteiger charge is 2.35. The van der Waals surface area contributed by atoms with Gasteiger partial charge in [0.2, 0.25) is 5.88 Å². The zero-order valence-corrected chi connectivity index (χ0v) is 15.2. The summed E-state index contributed by atoms with van der Waals surface area (Å²) in [6.45, 7) is 6.63. The van der Waals surface area contributed by atoms with Gasteiger partial charge in [0.05, 0.1) is 12.6 Å². The Bertz CT molecular complexity index is 902. The first-order chi connectivity index (χ1) is 13.0. The lowest BCUT2D eigenvalue weighted by atomic mass is 10.2. The number of piperazine rings is 1. The molecule has 1 aromatic carbocycles. The van der Waals surface area contributed by atoms with Crippen LogP contribution in [0.1, 0.15) is 18.9 Å². The molecule has 144 valence electrons. The summed E-state index contributed by atoms with van der Waals surface area (Å²) in [5.74, 6) is -0.809. The van der Waals surface area contributed by atoms with E-state index in [1.54, 1.807) is 10.6 Å². The fourth-order valence-electron chi connectivity index (χ4n) is 3.85. The molecule has 2 aliphatic rings. The van der Waals surface area contributed by atoms with Crippen LogP contribution in [0.2, 0.25) is 0 Å². The lowest BCUT2D eigenvalue weighted by molar-refractivity contribution is 0.224. The number of hydrogen-bond acceptors (Lipinski definition) is 5. The molecule has 0 amide bonds. The van der Waals surface area contributed by atoms with Gasteiger partial charge in [-0.15, -0.1) is 0 Å². The molecule has 1 saturated heterocycles. The van der Waals surface area contributed by atoms with Crippen molar-refractivity contribution in [3.63, 3.8) is 0 Å². The molecule has 1 unspecified atom stereocenters. The minimum atomic E-state index is -0.925. The smallest absolute Gasteiger partial charge is 0.352 e. The van der Waals surface area contributed by atoms with Crippen molar-refractivity contribution in [3.05, 3.63) is 51.9 Å². The highest BCUT2D eigenvalue weighted by atomic mass is 19.2. The summed E-state index contributed by atoms with van der Waals surface area (Å²) in [4.78, 5) is 21.1. The second-order valence-corrected chi connectivity index (χ2v) is 7.03. The number of hydrogen-bond donors (Lipinski definition) is 0. The van der Waals surface area contributed by atoms with Crippen molar-refractivity contribution in [1.82, 2.24) is 14.5 Å². The normalized spacial score (nSPS) is 19.1. The van der Waals surface area contributed by atoms with Gasteiger partial charge < -0.3 is 9.64 Å². The number of ether oxygens (including phenoxy) is 1. The summed E-state index contributed by atoms with van der Waals surface area (Å²) >= 11 is 0. The average molecular weight is 376 g/mol. The van der Waals surface area contributed by atoms with E-state index in [1.807, 2.05) is 0 Å². The minimum absolute atomic E-state index is 0.0147. The largest absolute Gasteiger partial charge is 0.473 e. The van der Waals surface area contributed by atoms with Crippen LogP contribution >= 0.6 is 0 Å². The zero-order chi connectivity index (χ0) is 19.0. The Hall–Kier alpha value is -2.48. The molecule has 6 nitrogen and oxygen atoms in total. The van der Waals surface area contributed by atoms with E-state index in [0.29, 0.717) is 12.1 Å². The average Bonchev–Trinajstić information content (AvgIpc) is 3.01. The third kappa shape index (κ3) is 3.53. The third-order valence-electron chi connectivity index (χ3n) is 5.13. The van der Waals surface area contributed by atoms with E-state index < -0.39 is 11.6 Å². The Labute approximate surface area is 156 Å². The SMILES string of the molecule is CCCN1CCN2c3cc(OCc4ccc(F)c(F)c4)nc(=O)n3CC2C1. The predicted molar refractivity (Wildman–Crippen MR) is 97.1 cm³/mol. The van der Waals surface area contributed by atoms with Crippen LogP contribution in [0.15, 0.2) is 29.1 Å². The number of nitrogens with zero attached hydrogens (tertiary/aromatic N) is 4. The maximum Gasteiger partial charge on any atom is 0.352 e. The van der Waals surface area contributed by atoms with Crippen molar-refractivity contribution < 1.29 is 13.5 Å². The van der Waals surface area contributed by atoms with Gasteiger partial charge in [-0.2, -0.15) is 4.98 Å². The van der Waals surface area contributed by atoms with Gasteiger partial charge in [-0.1, -0.05) is 13.0 Å². The second-order valence-electron chi connectivity index (χ2n) is 7.03. The number of rotatable bonds is 5. The van der Waals surface area contributed by atoms with Crippen LogP contribution in [0, 0.1) is 11.6 Å². The number of fused-ring (bicyclic) bond motifs is 3. The molecular formula is C19H22F2N4O2. The molecule has 0 N–H and O–H groups in total. The zero-order valence-electron chi connectivity index (χ0n) is 15.2. The highest BCUT2D eigenvalue weighted by Crippen LogP contribution is 2.29.